The number of methoxy groups -OCH3 is 1. The van der Waals surface area contributed by atoms with E-state index >= 15 is 0 Å². The molecule has 0 spiro atoms. The second kappa shape index (κ2) is 6.72. The number of nitrogens with one attached hydrogen (secondary N) is 2. The fourth-order valence-corrected chi connectivity index (χ4v) is 3.32. The molecule has 0 unspecified atom stereocenters. The first-order valence-electron chi connectivity index (χ1n) is 7.78. The molecule has 1 fully saturated rings. The van der Waals surface area contributed by atoms with Crippen molar-refractivity contribution in [2.75, 3.05) is 12.4 Å². The topological polar surface area (TPSA) is 89.0 Å². The van der Waals surface area contributed by atoms with E-state index in [0.29, 0.717) is 16.6 Å². The number of benzene rings is 1. The predicted molar refractivity (Wildman–Crippen MR) is 92.8 cm³/mol. The zero-order chi connectivity index (χ0) is 17.3. The normalized spacial score (nSPS) is 15.1. The summed E-state index contributed by atoms with van der Waals surface area (Å²) in [6.07, 6.45) is 1.96. The maximum absolute atomic E-state index is 12.5. The molecule has 3 rings (SSSR count). The van der Waals surface area contributed by atoms with Crippen LogP contribution in [0.3, 0.4) is 0 Å². The average molecular weight is 348 g/mol. The summed E-state index contributed by atoms with van der Waals surface area (Å²) in [6.45, 7) is 3.74. The quantitative estimate of drug-likeness (QED) is 0.782. The summed E-state index contributed by atoms with van der Waals surface area (Å²) in [5.74, 6) is 0.447. The number of nitrogens with zero attached hydrogens (tertiary/aromatic N) is 2. The minimum absolute atomic E-state index is 0.165. The third kappa shape index (κ3) is 3.48. The number of aryl methyl sites for hydroxylation is 1. The number of aromatic nitrogens is 3. The van der Waals surface area contributed by atoms with Gasteiger partial charge in [0.1, 0.15) is 5.75 Å². The first kappa shape index (κ1) is 16.6. The van der Waals surface area contributed by atoms with E-state index in [4.69, 9.17) is 4.74 Å². The molecule has 1 aliphatic rings. The number of H-pyrrole nitrogens is 1. The van der Waals surface area contributed by atoms with E-state index in [-0.39, 0.29) is 17.6 Å². The van der Waals surface area contributed by atoms with Crippen molar-refractivity contribution in [1.82, 2.24) is 14.8 Å². The Bertz CT molecular complexity index is 810. The van der Waals surface area contributed by atoms with E-state index in [9.17, 15) is 9.59 Å². The van der Waals surface area contributed by atoms with E-state index in [1.54, 1.807) is 18.6 Å². The van der Waals surface area contributed by atoms with Gasteiger partial charge in [0.15, 0.2) is 5.16 Å². The Labute approximate surface area is 143 Å². The summed E-state index contributed by atoms with van der Waals surface area (Å²) in [6, 6.07) is 5.82. The van der Waals surface area contributed by atoms with E-state index in [1.807, 2.05) is 25.1 Å². The molecule has 24 heavy (non-hydrogen) atoms. The molecular weight excluding hydrogens is 328 g/mol. The highest BCUT2D eigenvalue weighted by molar-refractivity contribution is 8.00. The van der Waals surface area contributed by atoms with Crippen molar-refractivity contribution in [2.45, 2.75) is 43.1 Å². The predicted octanol–water partition coefficient (Wildman–Crippen LogP) is 2.34. The van der Waals surface area contributed by atoms with Crippen LogP contribution in [0.4, 0.5) is 5.69 Å². The molecule has 1 saturated carbocycles. The first-order valence-corrected chi connectivity index (χ1v) is 8.66. The lowest BCUT2D eigenvalue weighted by atomic mass is 10.2. The van der Waals surface area contributed by atoms with Crippen LogP contribution in [0.5, 0.6) is 5.75 Å². The molecular formula is C16H20N4O3S. The van der Waals surface area contributed by atoms with Crippen molar-refractivity contribution in [1.29, 1.82) is 0 Å². The van der Waals surface area contributed by atoms with Crippen LogP contribution in [0.2, 0.25) is 0 Å². The Balaban J connectivity index is 1.72. The lowest BCUT2D eigenvalue weighted by molar-refractivity contribution is -0.115. The Morgan fingerprint density at radius 1 is 1.50 bits per heavy atom. The summed E-state index contributed by atoms with van der Waals surface area (Å²) in [4.78, 5) is 24.3. The first-order chi connectivity index (χ1) is 11.5. The van der Waals surface area contributed by atoms with Crippen LogP contribution in [-0.4, -0.2) is 33.0 Å². The molecule has 1 aromatic carbocycles. The van der Waals surface area contributed by atoms with Crippen LogP contribution in [0.25, 0.3) is 0 Å². The summed E-state index contributed by atoms with van der Waals surface area (Å²) in [7, 11) is 1.57. The molecule has 0 saturated heterocycles. The van der Waals surface area contributed by atoms with Crippen molar-refractivity contribution in [3.05, 3.63) is 34.2 Å². The second-order valence-corrected chi connectivity index (χ2v) is 7.17. The molecule has 0 aliphatic heterocycles. The fraction of sp³-hybridized carbons (Fsp3) is 0.438. The number of ether oxygens (including phenoxy) is 1. The smallest absolute Gasteiger partial charge is 0.344 e. The lowest BCUT2D eigenvalue weighted by Crippen LogP contribution is -2.24. The minimum atomic E-state index is -0.400. The molecule has 1 atom stereocenters. The molecule has 1 aliphatic carbocycles. The van der Waals surface area contributed by atoms with Gasteiger partial charge < -0.3 is 10.1 Å². The Morgan fingerprint density at radius 3 is 2.92 bits per heavy atom. The zero-order valence-corrected chi connectivity index (χ0v) is 14.6. The summed E-state index contributed by atoms with van der Waals surface area (Å²) < 4.78 is 6.92. The zero-order valence-electron chi connectivity index (χ0n) is 13.8. The number of hydrogen-bond acceptors (Lipinski definition) is 5. The van der Waals surface area contributed by atoms with Crippen LogP contribution in [0, 0.1) is 6.92 Å². The van der Waals surface area contributed by atoms with Gasteiger partial charge in [-0.25, -0.2) is 9.89 Å². The van der Waals surface area contributed by atoms with E-state index < -0.39 is 5.25 Å². The molecule has 8 heteroatoms. The van der Waals surface area contributed by atoms with Crippen molar-refractivity contribution in [2.24, 2.45) is 0 Å². The third-order valence-electron chi connectivity index (χ3n) is 3.85. The Kier molecular flexibility index (Phi) is 4.66. The monoisotopic (exact) mass is 348 g/mol. The highest BCUT2D eigenvalue weighted by Gasteiger charge is 2.30. The standard InChI is InChI=1S/C16H20N4O3S/c1-9-4-7-13(23-3)12(8-9)17-14(21)10(2)24-16-19-18-15(22)20(16)11-5-6-11/h4,7-8,10-11H,5-6H2,1-3H3,(H,17,21)(H,18,22)/t10-/m0/s1. The van der Waals surface area contributed by atoms with Gasteiger partial charge in [0, 0.05) is 6.04 Å². The largest absolute Gasteiger partial charge is 0.495 e. The molecule has 1 amide bonds. The number of anilines is 1. The van der Waals surface area contributed by atoms with Gasteiger partial charge in [-0.2, -0.15) is 0 Å². The molecule has 128 valence electrons. The van der Waals surface area contributed by atoms with E-state index in [0.717, 1.165) is 18.4 Å². The molecule has 7 nitrogen and oxygen atoms in total. The van der Waals surface area contributed by atoms with E-state index in [2.05, 4.69) is 15.5 Å². The van der Waals surface area contributed by atoms with Gasteiger partial charge in [0.2, 0.25) is 5.91 Å². The number of thioether (sulfide) groups is 1. The average Bonchev–Trinajstić information content (AvgIpc) is 3.32. The number of rotatable bonds is 6. The number of hydrogen-bond donors (Lipinski definition) is 2. The van der Waals surface area contributed by atoms with Crippen LogP contribution in [0.15, 0.2) is 28.2 Å². The van der Waals surface area contributed by atoms with Gasteiger partial charge in [-0.05, 0) is 44.4 Å². The van der Waals surface area contributed by atoms with Crippen molar-refractivity contribution in [3.8, 4) is 5.75 Å². The van der Waals surface area contributed by atoms with Crippen molar-refractivity contribution < 1.29 is 9.53 Å². The second-order valence-electron chi connectivity index (χ2n) is 5.87. The van der Waals surface area contributed by atoms with Gasteiger partial charge in [-0.15, -0.1) is 5.10 Å². The maximum atomic E-state index is 12.5. The summed E-state index contributed by atoms with van der Waals surface area (Å²) >= 11 is 1.27. The number of amides is 1. The Morgan fingerprint density at radius 2 is 2.25 bits per heavy atom. The van der Waals surface area contributed by atoms with Gasteiger partial charge in [0.25, 0.3) is 0 Å². The number of carbonyl (C=O) groups excluding carboxylic acids is 1. The van der Waals surface area contributed by atoms with Crippen LogP contribution < -0.4 is 15.7 Å². The van der Waals surface area contributed by atoms with Gasteiger partial charge >= 0.3 is 5.69 Å². The number of carbonyl (C=O) groups is 1. The van der Waals surface area contributed by atoms with Crippen molar-refractivity contribution in [3.63, 3.8) is 0 Å². The van der Waals surface area contributed by atoms with Gasteiger partial charge in [0.05, 0.1) is 18.0 Å². The molecule has 0 radical (unpaired) electrons. The third-order valence-corrected chi connectivity index (χ3v) is 4.91. The van der Waals surface area contributed by atoms with Crippen LogP contribution in [-0.2, 0) is 4.79 Å². The highest BCUT2D eigenvalue weighted by Crippen LogP contribution is 2.37. The molecule has 1 aromatic heterocycles. The molecule has 2 aromatic rings. The highest BCUT2D eigenvalue weighted by atomic mass is 32.2. The maximum Gasteiger partial charge on any atom is 0.344 e. The van der Waals surface area contributed by atoms with E-state index in [1.165, 1.54) is 11.8 Å². The van der Waals surface area contributed by atoms with Gasteiger partial charge in [-0.3, -0.25) is 9.36 Å². The molecule has 2 N–H and O–H groups in total. The minimum Gasteiger partial charge on any atom is -0.495 e. The summed E-state index contributed by atoms with van der Waals surface area (Å²) in [5, 5.41) is 9.54. The molecule has 0 bridgehead atoms. The summed E-state index contributed by atoms with van der Waals surface area (Å²) in [5.41, 5.74) is 1.45. The molecule has 1 heterocycles. The van der Waals surface area contributed by atoms with Crippen LogP contribution >= 0.6 is 11.8 Å². The number of aromatic amines is 1. The SMILES string of the molecule is COc1ccc(C)cc1NC(=O)[C@H](C)Sc1n[nH]c(=O)n1C1CC1. The van der Waals surface area contributed by atoms with Crippen LogP contribution in [0.1, 0.15) is 31.4 Å². The van der Waals surface area contributed by atoms with Gasteiger partial charge in [-0.1, -0.05) is 17.8 Å². The Hall–Kier alpha value is -2.22. The van der Waals surface area contributed by atoms with Crippen molar-refractivity contribution >= 4 is 23.4 Å². The fourth-order valence-electron chi connectivity index (χ4n) is 2.39. The lowest BCUT2D eigenvalue weighted by Gasteiger charge is -2.14.